The zero-order valence-electron chi connectivity index (χ0n) is 10.9. The molecule has 1 saturated carbocycles. The Morgan fingerprint density at radius 2 is 1.61 bits per heavy atom. The molecule has 1 fully saturated rings. The molecule has 1 heteroatoms. The third-order valence-corrected chi connectivity index (χ3v) is 4.27. The summed E-state index contributed by atoms with van der Waals surface area (Å²) >= 11 is 0. The van der Waals surface area contributed by atoms with Crippen LogP contribution in [0.2, 0.25) is 0 Å². The smallest absolute Gasteiger partial charge is 0.0571 e. The van der Waals surface area contributed by atoms with Gasteiger partial charge < -0.3 is 4.74 Å². The van der Waals surface area contributed by atoms with Gasteiger partial charge >= 0.3 is 0 Å². The standard InChI is InChI=1S/C17H20O/c1-18-15-11-9-14(10-12-15)17-8-4-6-13-5-2-3-7-16(13)17/h2-8,14-15H,9-12H2,1H3. The summed E-state index contributed by atoms with van der Waals surface area (Å²) in [5.74, 6) is 0.711. The summed E-state index contributed by atoms with van der Waals surface area (Å²) in [6, 6.07) is 15.4. The van der Waals surface area contributed by atoms with Gasteiger partial charge in [0.15, 0.2) is 0 Å². The molecule has 2 aromatic carbocycles. The molecule has 0 unspecified atom stereocenters. The van der Waals surface area contributed by atoms with Crippen molar-refractivity contribution >= 4 is 10.8 Å². The molecule has 1 aliphatic carbocycles. The van der Waals surface area contributed by atoms with Crippen molar-refractivity contribution in [3.05, 3.63) is 48.0 Å². The average molecular weight is 240 g/mol. The van der Waals surface area contributed by atoms with E-state index in [1.807, 2.05) is 7.11 Å². The lowest BCUT2D eigenvalue weighted by Crippen LogP contribution is -2.19. The van der Waals surface area contributed by atoms with Gasteiger partial charge in [-0.2, -0.15) is 0 Å². The lowest BCUT2D eigenvalue weighted by atomic mass is 9.81. The number of ether oxygens (including phenoxy) is 1. The van der Waals surface area contributed by atoms with Gasteiger partial charge in [-0.25, -0.2) is 0 Å². The minimum atomic E-state index is 0.483. The van der Waals surface area contributed by atoms with Crippen LogP contribution < -0.4 is 0 Å². The lowest BCUT2D eigenvalue weighted by molar-refractivity contribution is 0.0660. The second-order valence-corrected chi connectivity index (χ2v) is 5.28. The zero-order valence-corrected chi connectivity index (χ0v) is 10.9. The molecule has 0 aliphatic heterocycles. The third kappa shape index (κ3) is 2.15. The van der Waals surface area contributed by atoms with Crippen LogP contribution in [0.25, 0.3) is 10.8 Å². The molecule has 0 spiro atoms. The Labute approximate surface area is 109 Å². The molecule has 18 heavy (non-hydrogen) atoms. The minimum Gasteiger partial charge on any atom is -0.381 e. The zero-order chi connectivity index (χ0) is 12.4. The van der Waals surface area contributed by atoms with E-state index in [0.717, 1.165) is 0 Å². The summed E-state index contributed by atoms with van der Waals surface area (Å²) in [7, 11) is 1.84. The Bertz CT molecular complexity index is 519. The summed E-state index contributed by atoms with van der Waals surface area (Å²) in [4.78, 5) is 0. The largest absolute Gasteiger partial charge is 0.381 e. The van der Waals surface area contributed by atoms with Crippen LogP contribution in [0.1, 0.15) is 37.2 Å². The van der Waals surface area contributed by atoms with Crippen LogP contribution in [-0.4, -0.2) is 13.2 Å². The van der Waals surface area contributed by atoms with E-state index in [4.69, 9.17) is 4.74 Å². The Kier molecular flexibility index (Phi) is 3.33. The van der Waals surface area contributed by atoms with Gasteiger partial charge in [-0.05, 0) is 47.9 Å². The number of fused-ring (bicyclic) bond motifs is 1. The monoisotopic (exact) mass is 240 g/mol. The van der Waals surface area contributed by atoms with E-state index in [9.17, 15) is 0 Å². The highest BCUT2D eigenvalue weighted by molar-refractivity contribution is 5.86. The van der Waals surface area contributed by atoms with Crippen LogP contribution in [0, 0.1) is 0 Å². The molecule has 0 atom stereocenters. The first-order chi connectivity index (χ1) is 8.88. The predicted molar refractivity (Wildman–Crippen MR) is 76.0 cm³/mol. The molecule has 0 N–H and O–H groups in total. The number of methoxy groups -OCH3 is 1. The summed E-state index contributed by atoms with van der Waals surface area (Å²) in [5.41, 5.74) is 1.53. The predicted octanol–water partition coefficient (Wildman–Crippen LogP) is 4.51. The van der Waals surface area contributed by atoms with E-state index >= 15 is 0 Å². The van der Waals surface area contributed by atoms with Crippen LogP contribution in [-0.2, 0) is 4.74 Å². The van der Waals surface area contributed by atoms with Gasteiger partial charge in [0.05, 0.1) is 6.10 Å². The molecular formula is C17H20O. The summed E-state index contributed by atoms with van der Waals surface area (Å²) < 4.78 is 5.46. The summed E-state index contributed by atoms with van der Waals surface area (Å²) in [5, 5.41) is 2.80. The first kappa shape index (κ1) is 11.7. The fraction of sp³-hybridized carbons (Fsp3) is 0.412. The van der Waals surface area contributed by atoms with Crippen LogP contribution in [0.3, 0.4) is 0 Å². The van der Waals surface area contributed by atoms with Gasteiger partial charge in [0.1, 0.15) is 0 Å². The van der Waals surface area contributed by atoms with E-state index in [1.54, 1.807) is 0 Å². The van der Waals surface area contributed by atoms with E-state index < -0.39 is 0 Å². The fourth-order valence-electron chi connectivity index (χ4n) is 3.22. The maximum Gasteiger partial charge on any atom is 0.0571 e. The molecule has 1 nitrogen and oxygen atoms in total. The molecule has 0 amide bonds. The average Bonchev–Trinajstić information content (AvgIpc) is 2.47. The SMILES string of the molecule is COC1CCC(c2cccc3ccccc23)CC1. The number of rotatable bonds is 2. The van der Waals surface area contributed by atoms with Crippen molar-refractivity contribution in [3.63, 3.8) is 0 Å². The van der Waals surface area contributed by atoms with Crippen LogP contribution in [0.5, 0.6) is 0 Å². The van der Waals surface area contributed by atoms with E-state index in [1.165, 1.54) is 42.0 Å². The molecule has 3 rings (SSSR count). The molecule has 0 bridgehead atoms. The molecule has 0 heterocycles. The number of hydrogen-bond acceptors (Lipinski definition) is 1. The Balaban J connectivity index is 1.91. The summed E-state index contributed by atoms with van der Waals surface area (Å²) in [6.07, 6.45) is 5.39. The second-order valence-electron chi connectivity index (χ2n) is 5.28. The number of benzene rings is 2. The Morgan fingerprint density at radius 3 is 2.39 bits per heavy atom. The first-order valence-electron chi connectivity index (χ1n) is 6.89. The first-order valence-corrected chi connectivity index (χ1v) is 6.89. The van der Waals surface area contributed by atoms with Crippen molar-refractivity contribution < 1.29 is 4.74 Å². The highest BCUT2D eigenvalue weighted by Crippen LogP contribution is 2.36. The van der Waals surface area contributed by atoms with Crippen LogP contribution >= 0.6 is 0 Å². The topological polar surface area (TPSA) is 9.23 Å². The Morgan fingerprint density at radius 1 is 0.889 bits per heavy atom. The Hall–Kier alpha value is -1.34. The van der Waals surface area contributed by atoms with Gasteiger partial charge in [-0.3, -0.25) is 0 Å². The summed E-state index contributed by atoms with van der Waals surface area (Å²) in [6.45, 7) is 0. The van der Waals surface area contributed by atoms with Gasteiger partial charge in [0.25, 0.3) is 0 Å². The van der Waals surface area contributed by atoms with Crippen molar-refractivity contribution in [1.82, 2.24) is 0 Å². The minimum absolute atomic E-state index is 0.483. The van der Waals surface area contributed by atoms with Crippen molar-refractivity contribution in [2.24, 2.45) is 0 Å². The molecular weight excluding hydrogens is 220 g/mol. The second kappa shape index (κ2) is 5.11. The number of hydrogen-bond donors (Lipinski definition) is 0. The molecule has 2 aromatic rings. The third-order valence-electron chi connectivity index (χ3n) is 4.27. The van der Waals surface area contributed by atoms with Crippen molar-refractivity contribution in [1.29, 1.82) is 0 Å². The highest BCUT2D eigenvalue weighted by atomic mass is 16.5. The van der Waals surface area contributed by atoms with Gasteiger partial charge in [-0.15, -0.1) is 0 Å². The van der Waals surface area contributed by atoms with Gasteiger partial charge in [-0.1, -0.05) is 42.5 Å². The molecule has 1 aliphatic rings. The van der Waals surface area contributed by atoms with Crippen molar-refractivity contribution in [3.8, 4) is 0 Å². The van der Waals surface area contributed by atoms with Crippen molar-refractivity contribution in [2.75, 3.05) is 7.11 Å². The van der Waals surface area contributed by atoms with Crippen molar-refractivity contribution in [2.45, 2.75) is 37.7 Å². The van der Waals surface area contributed by atoms with E-state index in [-0.39, 0.29) is 0 Å². The normalized spacial score (nSPS) is 24.3. The molecule has 94 valence electrons. The van der Waals surface area contributed by atoms with Gasteiger partial charge in [0.2, 0.25) is 0 Å². The lowest BCUT2D eigenvalue weighted by Gasteiger charge is -2.28. The highest BCUT2D eigenvalue weighted by Gasteiger charge is 2.22. The van der Waals surface area contributed by atoms with E-state index in [0.29, 0.717) is 12.0 Å². The van der Waals surface area contributed by atoms with Crippen LogP contribution in [0.4, 0.5) is 0 Å². The molecule has 0 saturated heterocycles. The fourth-order valence-corrected chi connectivity index (χ4v) is 3.22. The maximum absolute atomic E-state index is 5.46. The quantitative estimate of drug-likeness (QED) is 0.750. The van der Waals surface area contributed by atoms with E-state index in [2.05, 4.69) is 42.5 Å². The maximum atomic E-state index is 5.46. The van der Waals surface area contributed by atoms with Gasteiger partial charge in [0, 0.05) is 7.11 Å². The molecule has 0 aromatic heterocycles. The van der Waals surface area contributed by atoms with Crippen LogP contribution in [0.15, 0.2) is 42.5 Å². The molecule has 0 radical (unpaired) electrons.